The summed E-state index contributed by atoms with van der Waals surface area (Å²) >= 11 is 0. The molecule has 0 fully saturated rings. The maximum Gasteiger partial charge on any atom is 0.472 e. The van der Waals surface area contributed by atoms with E-state index in [0.717, 1.165) is 128 Å². The van der Waals surface area contributed by atoms with Crippen molar-refractivity contribution < 1.29 is 75.8 Å². The maximum atomic E-state index is 13.0. The molecule has 18 heteroatoms. The van der Waals surface area contributed by atoms with E-state index in [1.54, 1.807) is 0 Å². The lowest BCUT2D eigenvalue weighted by Gasteiger charge is -2.21. The lowest BCUT2D eigenvalue weighted by atomic mass is 10.0. The summed E-state index contributed by atoms with van der Waals surface area (Å²) in [7, 11) is -9.83. The van der Waals surface area contributed by atoms with Crippen molar-refractivity contribution in [1.29, 1.82) is 0 Å². The molecule has 0 aliphatic carbocycles. The number of carbonyl (C=O) groups is 3. The first kappa shape index (κ1) is 112. The first-order valence-electron chi connectivity index (χ1n) is 46.4. The summed E-state index contributed by atoms with van der Waals surface area (Å²) in [6.07, 6.45) is 117. The molecule has 0 heterocycles. The van der Waals surface area contributed by atoms with Crippen LogP contribution in [0.4, 0.5) is 0 Å². The van der Waals surface area contributed by atoms with Crippen molar-refractivity contribution in [1.82, 2.24) is 0 Å². The number of aliphatic hydroxyl groups excluding tert-OH is 2. The number of unbranched alkanes of at least 4 members (excludes halogenated alkanes) is 36. The third-order valence-corrected chi connectivity index (χ3v) is 21.3. The lowest BCUT2D eigenvalue weighted by molar-refractivity contribution is -0.161. The molecule has 4 N–H and O–H groups in total. The van der Waals surface area contributed by atoms with Crippen LogP contribution in [0.25, 0.3) is 0 Å². The third-order valence-electron chi connectivity index (χ3n) is 19.4. The first-order chi connectivity index (χ1) is 57.2. The first-order valence-corrected chi connectivity index (χ1v) is 49.4. The highest BCUT2D eigenvalue weighted by molar-refractivity contribution is 7.47. The van der Waals surface area contributed by atoms with Crippen LogP contribution in [0.3, 0.4) is 0 Å². The molecular formula is C99H168O16P2. The summed E-state index contributed by atoms with van der Waals surface area (Å²) in [6.45, 7) is 2.40. The lowest BCUT2D eigenvalue weighted by Crippen LogP contribution is -2.30. The van der Waals surface area contributed by atoms with Gasteiger partial charge in [0.05, 0.1) is 26.4 Å². The summed E-state index contributed by atoms with van der Waals surface area (Å²) in [5.41, 5.74) is 0. The van der Waals surface area contributed by atoms with Gasteiger partial charge in [0, 0.05) is 19.3 Å². The largest absolute Gasteiger partial charge is 0.472 e. The van der Waals surface area contributed by atoms with Gasteiger partial charge in [-0.05, 0) is 148 Å². The summed E-state index contributed by atoms with van der Waals surface area (Å²) in [5.74, 6) is -1.64. The number of hydrogen-bond acceptors (Lipinski definition) is 14. The van der Waals surface area contributed by atoms with Crippen molar-refractivity contribution in [2.24, 2.45) is 0 Å². The van der Waals surface area contributed by atoms with E-state index in [1.165, 1.54) is 186 Å². The van der Waals surface area contributed by atoms with Crippen LogP contribution in [0.5, 0.6) is 0 Å². The highest BCUT2D eigenvalue weighted by atomic mass is 31.2. The average molecular weight is 1680 g/mol. The molecule has 670 valence electrons. The number of hydrogen-bond donors (Lipinski definition) is 4. The predicted octanol–water partition coefficient (Wildman–Crippen LogP) is 28.7. The van der Waals surface area contributed by atoms with Gasteiger partial charge in [0.25, 0.3) is 0 Å². The van der Waals surface area contributed by atoms with Crippen LogP contribution >= 0.6 is 15.6 Å². The van der Waals surface area contributed by atoms with E-state index in [1.807, 2.05) is 12.2 Å². The minimum atomic E-state index is -4.96. The normalized spacial score (nSPS) is 14.6. The van der Waals surface area contributed by atoms with Crippen molar-refractivity contribution in [3.8, 4) is 0 Å². The second kappa shape index (κ2) is 90.2. The van der Waals surface area contributed by atoms with Gasteiger partial charge in [-0.25, -0.2) is 9.13 Å². The molecule has 0 aromatic rings. The predicted molar refractivity (Wildman–Crippen MR) is 491 cm³/mol. The van der Waals surface area contributed by atoms with Crippen LogP contribution in [0.15, 0.2) is 170 Å². The molecule has 16 nitrogen and oxygen atoms in total. The molecule has 0 aliphatic rings. The molecule has 117 heavy (non-hydrogen) atoms. The molecule has 0 aliphatic heterocycles. The van der Waals surface area contributed by atoms with Crippen molar-refractivity contribution in [2.45, 2.75) is 399 Å². The monoisotopic (exact) mass is 1680 g/mol. The molecule has 0 amide bonds. The van der Waals surface area contributed by atoms with Gasteiger partial charge >= 0.3 is 33.6 Å². The Balaban J connectivity index is 4.51. The topological polar surface area (TPSA) is 231 Å². The number of ether oxygens (including phenoxy) is 3. The van der Waals surface area contributed by atoms with E-state index in [-0.39, 0.29) is 19.3 Å². The Bertz CT molecular complexity index is 2810. The number of aliphatic hydroxyl groups is 2. The van der Waals surface area contributed by atoms with Gasteiger partial charge in [0.2, 0.25) is 0 Å². The van der Waals surface area contributed by atoms with Gasteiger partial charge in [-0.2, -0.15) is 0 Å². The van der Waals surface area contributed by atoms with Crippen molar-refractivity contribution >= 4 is 33.6 Å². The second-order valence-electron chi connectivity index (χ2n) is 30.7. The quantitative estimate of drug-likeness (QED) is 0.0146. The number of phosphoric acid groups is 2. The Morgan fingerprint density at radius 2 is 0.462 bits per heavy atom. The van der Waals surface area contributed by atoms with Gasteiger partial charge in [0.15, 0.2) is 6.10 Å². The minimum absolute atomic E-state index is 0.0232. The van der Waals surface area contributed by atoms with E-state index in [9.17, 15) is 43.5 Å². The number of rotatable bonds is 87. The molecule has 0 radical (unpaired) electrons. The van der Waals surface area contributed by atoms with E-state index in [0.29, 0.717) is 25.7 Å². The molecule has 0 rings (SSSR count). The fraction of sp³-hybridized carbons (Fsp3) is 0.687. The Hall–Kier alpha value is -5.09. The highest BCUT2D eigenvalue weighted by Crippen LogP contribution is 2.45. The minimum Gasteiger partial charge on any atom is -0.463 e. The van der Waals surface area contributed by atoms with Crippen LogP contribution in [-0.2, 0) is 55.8 Å². The zero-order chi connectivity index (χ0) is 85.1. The van der Waals surface area contributed by atoms with Crippen molar-refractivity contribution in [2.75, 3.05) is 39.6 Å². The van der Waals surface area contributed by atoms with Crippen LogP contribution in [-0.4, -0.2) is 95.9 Å². The summed E-state index contributed by atoms with van der Waals surface area (Å²) in [6, 6.07) is 0. The van der Waals surface area contributed by atoms with Crippen LogP contribution in [0.1, 0.15) is 380 Å². The molecule has 0 aromatic carbocycles. The van der Waals surface area contributed by atoms with Gasteiger partial charge in [-0.15, -0.1) is 0 Å². The maximum absolute atomic E-state index is 13.0. The average Bonchev–Trinajstić information content (AvgIpc) is 0.900. The Kier molecular flexibility index (Phi) is 86.2. The molecule has 5 unspecified atom stereocenters. The molecule has 0 saturated carbocycles. The van der Waals surface area contributed by atoms with Crippen LogP contribution < -0.4 is 0 Å². The Labute approximate surface area is 713 Å². The molecule has 0 saturated heterocycles. The fourth-order valence-electron chi connectivity index (χ4n) is 12.4. The van der Waals surface area contributed by atoms with Crippen LogP contribution in [0, 0.1) is 0 Å². The van der Waals surface area contributed by atoms with Gasteiger partial charge in [0.1, 0.15) is 25.4 Å². The number of phosphoric ester groups is 2. The zero-order valence-electron chi connectivity index (χ0n) is 73.8. The molecule has 0 spiro atoms. The smallest absolute Gasteiger partial charge is 0.463 e. The molecule has 0 bridgehead atoms. The highest BCUT2D eigenvalue weighted by Gasteiger charge is 2.29. The fourth-order valence-corrected chi connectivity index (χ4v) is 14.0. The van der Waals surface area contributed by atoms with Gasteiger partial charge < -0.3 is 34.2 Å². The zero-order valence-corrected chi connectivity index (χ0v) is 75.6. The third kappa shape index (κ3) is 91.5. The number of esters is 3. The molecule has 0 aromatic heterocycles. The molecule has 5 atom stereocenters. The summed E-state index contributed by atoms with van der Waals surface area (Å²) in [4.78, 5) is 58.9. The van der Waals surface area contributed by atoms with E-state index >= 15 is 0 Å². The Morgan fingerprint density at radius 1 is 0.248 bits per heavy atom. The summed E-state index contributed by atoms with van der Waals surface area (Å²) in [5, 5.41) is 20.7. The van der Waals surface area contributed by atoms with Gasteiger partial charge in [-0.1, -0.05) is 384 Å². The SMILES string of the molecule is CC/C=C\C/C=C\C/C=C\C/C=C\C/C=C\CCCCCCCCCCCCCCCCCCCC(=O)OCC(O)COP(=O)(O)OCC(O)COP(=O)(O)OCC(COC(=O)CCCCCCCCCCCCCCCCC/C=C\C/C=C\C/C=C\C/C=C\CCCCC)OC(=O)CCC/C=C\C/C=C\C/C=C\C/C=C\C/C=C\CC. The molecular weight excluding hydrogens is 1510 g/mol. The summed E-state index contributed by atoms with van der Waals surface area (Å²) < 4.78 is 61.4. The standard InChI is InChI=1S/C99H168O16P2/c1-4-7-10-13-16-19-22-25-28-31-33-35-37-39-41-43-45-46-48-50-51-53-55-57-59-62-64-67-70-73-76-79-82-85-97(102)109-88-94(100)89-111-116(105,106)112-90-95(101)91-113-117(107,108)114-93-96(115-99(104)87-84-81-78-75-72-69-66-61-30-27-24-21-18-15-12-9-6-3)92-110-98(103)86-83-80-77-74-71-68-65-63-60-58-56-54-52-49-47-44-42-40-38-36-34-32-29-26-23-20-17-14-11-8-5-2/h7,9-10,12,16-21,25-30,33-36,39-42,66,69,75,78,94-96,100-101H,4-6,8,11,13-15,22-24,31-32,37-38,43-65,67-68,70-74,76-77,79-93H2,1-3H3,(H,105,106)(H,107,108)/b10-7-,12-9-,19-16-,20-17-,21-18-,28-25-,29-26-,30-27-,35-33-,36-34-,41-39-,42-40-,69-66-,78-75-. The van der Waals surface area contributed by atoms with E-state index in [2.05, 4.69) is 179 Å². The van der Waals surface area contributed by atoms with Crippen molar-refractivity contribution in [3.05, 3.63) is 170 Å². The number of carbonyl (C=O) groups excluding carboxylic acids is 3. The second-order valence-corrected chi connectivity index (χ2v) is 33.6. The van der Waals surface area contributed by atoms with E-state index in [4.69, 9.17) is 32.3 Å². The van der Waals surface area contributed by atoms with Gasteiger partial charge in [-0.3, -0.25) is 32.5 Å². The number of allylic oxidation sites excluding steroid dienone is 28. The van der Waals surface area contributed by atoms with E-state index < -0.39 is 91.5 Å². The van der Waals surface area contributed by atoms with Crippen LogP contribution in [0.2, 0.25) is 0 Å². The Morgan fingerprint density at radius 3 is 0.744 bits per heavy atom. The van der Waals surface area contributed by atoms with Crippen molar-refractivity contribution in [3.63, 3.8) is 0 Å².